The van der Waals surface area contributed by atoms with Crippen molar-refractivity contribution in [3.05, 3.63) is 46.9 Å². The van der Waals surface area contributed by atoms with Gasteiger partial charge in [0.1, 0.15) is 5.82 Å². The summed E-state index contributed by atoms with van der Waals surface area (Å²) in [7, 11) is 0. The Morgan fingerprint density at radius 2 is 1.83 bits per heavy atom. The average molecular weight is 177 g/mol. The Balaban J connectivity index is 2.43. The number of thiophene rings is 1. The Labute approximate surface area is 74.3 Å². The molecule has 2 heteroatoms. The van der Waals surface area contributed by atoms with Crippen molar-refractivity contribution in [2.75, 3.05) is 0 Å². The summed E-state index contributed by atoms with van der Waals surface area (Å²) in [6, 6.07) is 8.37. The molecule has 2 rings (SSSR count). The van der Waals surface area contributed by atoms with Gasteiger partial charge in [-0.3, -0.25) is 0 Å². The van der Waals surface area contributed by atoms with Crippen molar-refractivity contribution >= 4 is 11.3 Å². The zero-order chi connectivity index (χ0) is 8.39. The normalized spacial score (nSPS) is 10.1. The Kier molecular flexibility index (Phi) is 1.92. The van der Waals surface area contributed by atoms with Crippen LogP contribution in [0.2, 0.25) is 0 Å². The number of halogens is 1. The van der Waals surface area contributed by atoms with Crippen LogP contribution in [-0.4, -0.2) is 0 Å². The van der Waals surface area contributed by atoms with E-state index in [0.717, 1.165) is 11.1 Å². The smallest absolute Gasteiger partial charge is 0.123 e. The lowest BCUT2D eigenvalue weighted by Crippen LogP contribution is -1.74. The molecule has 2 aromatic rings. The molecule has 0 fully saturated rings. The van der Waals surface area contributed by atoms with Gasteiger partial charge in [-0.05, 0) is 34.7 Å². The first-order chi connectivity index (χ1) is 5.86. The summed E-state index contributed by atoms with van der Waals surface area (Å²) in [4.78, 5) is 0. The van der Waals surface area contributed by atoms with Gasteiger partial charge in [-0.2, -0.15) is 0 Å². The van der Waals surface area contributed by atoms with Crippen molar-refractivity contribution in [2.45, 2.75) is 0 Å². The van der Waals surface area contributed by atoms with E-state index < -0.39 is 0 Å². The lowest BCUT2D eigenvalue weighted by molar-refractivity contribution is 0.628. The zero-order valence-corrected chi connectivity index (χ0v) is 7.07. The van der Waals surface area contributed by atoms with Crippen LogP contribution < -0.4 is 0 Å². The fraction of sp³-hybridized carbons (Fsp3) is 0. The van der Waals surface area contributed by atoms with E-state index in [0.29, 0.717) is 0 Å². The maximum atomic E-state index is 12.5. The molecule has 1 radical (unpaired) electrons. The molecule has 0 nitrogen and oxygen atoms in total. The molecular weight excluding hydrogens is 171 g/mol. The highest BCUT2D eigenvalue weighted by Crippen LogP contribution is 2.21. The summed E-state index contributed by atoms with van der Waals surface area (Å²) in [5.41, 5.74) is 2.13. The maximum absolute atomic E-state index is 12.5. The molecule has 0 saturated heterocycles. The Morgan fingerprint density at radius 1 is 1.08 bits per heavy atom. The number of rotatable bonds is 1. The van der Waals surface area contributed by atoms with E-state index in [9.17, 15) is 4.39 Å². The molecule has 59 valence electrons. The zero-order valence-electron chi connectivity index (χ0n) is 6.25. The lowest BCUT2D eigenvalue weighted by Gasteiger charge is -1.95. The van der Waals surface area contributed by atoms with Crippen LogP contribution in [0.25, 0.3) is 11.1 Å². The predicted octanol–water partition coefficient (Wildman–Crippen LogP) is 3.35. The Hall–Kier alpha value is -1.15. The molecule has 0 unspecified atom stereocenters. The molecule has 0 saturated carbocycles. The highest BCUT2D eigenvalue weighted by atomic mass is 32.1. The molecule has 0 spiro atoms. The van der Waals surface area contributed by atoms with Crippen LogP contribution >= 0.6 is 11.3 Å². The van der Waals surface area contributed by atoms with Crippen LogP contribution in [-0.2, 0) is 0 Å². The quantitative estimate of drug-likeness (QED) is 0.626. The van der Waals surface area contributed by atoms with Gasteiger partial charge in [0.05, 0.1) is 0 Å². The summed E-state index contributed by atoms with van der Waals surface area (Å²) >= 11 is 1.52. The Morgan fingerprint density at radius 3 is 2.42 bits per heavy atom. The van der Waals surface area contributed by atoms with E-state index >= 15 is 0 Å². The molecule has 0 aliphatic rings. The van der Waals surface area contributed by atoms with Crippen molar-refractivity contribution in [3.8, 4) is 11.1 Å². The van der Waals surface area contributed by atoms with Gasteiger partial charge in [0.2, 0.25) is 0 Å². The lowest BCUT2D eigenvalue weighted by atomic mass is 10.1. The summed E-state index contributed by atoms with van der Waals surface area (Å²) in [5.74, 6) is -0.196. The molecule has 0 aliphatic carbocycles. The van der Waals surface area contributed by atoms with Crippen LogP contribution in [0.1, 0.15) is 0 Å². The highest BCUT2D eigenvalue weighted by molar-refractivity contribution is 7.07. The minimum atomic E-state index is -0.196. The monoisotopic (exact) mass is 177 g/mol. The second-order valence-corrected chi connectivity index (χ2v) is 3.17. The van der Waals surface area contributed by atoms with Gasteiger partial charge in [0, 0.05) is 5.38 Å². The molecule has 0 N–H and O–H groups in total. The third-order valence-corrected chi connectivity index (χ3v) is 2.27. The fourth-order valence-corrected chi connectivity index (χ4v) is 1.62. The summed E-state index contributed by atoms with van der Waals surface area (Å²) in [6.45, 7) is 0. The number of hydrogen-bond donors (Lipinski definition) is 0. The molecule has 0 amide bonds. The van der Waals surface area contributed by atoms with Gasteiger partial charge in [-0.15, -0.1) is 11.3 Å². The average Bonchev–Trinajstić information content (AvgIpc) is 2.58. The SMILES string of the molecule is Fc1ccc(-c2c[c]sc2)cc1. The van der Waals surface area contributed by atoms with Gasteiger partial charge in [-0.25, -0.2) is 4.39 Å². The van der Waals surface area contributed by atoms with Crippen molar-refractivity contribution < 1.29 is 4.39 Å². The summed E-state index contributed by atoms with van der Waals surface area (Å²) in [6.07, 6.45) is 0. The first-order valence-electron chi connectivity index (χ1n) is 3.57. The second kappa shape index (κ2) is 3.07. The first-order valence-corrected chi connectivity index (χ1v) is 4.45. The van der Waals surface area contributed by atoms with Crippen molar-refractivity contribution in [1.82, 2.24) is 0 Å². The molecule has 0 bridgehead atoms. The predicted molar refractivity (Wildman–Crippen MR) is 48.5 cm³/mol. The summed E-state index contributed by atoms with van der Waals surface area (Å²) in [5, 5.41) is 4.98. The van der Waals surface area contributed by atoms with Crippen LogP contribution in [0.15, 0.2) is 35.7 Å². The molecule has 12 heavy (non-hydrogen) atoms. The second-order valence-electron chi connectivity index (χ2n) is 2.46. The van der Waals surface area contributed by atoms with Gasteiger partial charge >= 0.3 is 0 Å². The van der Waals surface area contributed by atoms with E-state index in [1.165, 1.54) is 23.5 Å². The molecular formula is C10H6FS. The van der Waals surface area contributed by atoms with Crippen molar-refractivity contribution in [1.29, 1.82) is 0 Å². The van der Waals surface area contributed by atoms with Crippen LogP contribution in [0.5, 0.6) is 0 Å². The summed E-state index contributed by atoms with van der Waals surface area (Å²) < 4.78 is 12.5. The van der Waals surface area contributed by atoms with Crippen molar-refractivity contribution in [2.24, 2.45) is 0 Å². The van der Waals surface area contributed by atoms with Crippen LogP contribution in [0.4, 0.5) is 4.39 Å². The minimum Gasteiger partial charge on any atom is -0.207 e. The molecule has 1 aromatic carbocycles. The van der Waals surface area contributed by atoms with Gasteiger partial charge in [-0.1, -0.05) is 12.1 Å². The van der Waals surface area contributed by atoms with E-state index in [2.05, 4.69) is 5.38 Å². The van der Waals surface area contributed by atoms with Crippen molar-refractivity contribution in [3.63, 3.8) is 0 Å². The van der Waals surface area contributed by atoms with Gasteiger partial charge in [0.25, 0.3) is 0 Å². The number of hydrogen-bond acceptors (Lipinski definition) is 1. The standard InChI is InChI=1S/C10H6FS/c11-10-3-1-8(2-4-10)9-5-6-12-7-9/h1-5,7H. The topological polar surface area (TPSA) is 0 Å². The van der Waals surface area contributed by atoms with E-state index in [-0.39, 0.29) is 5.82 Å². The molecule has 0 atom stereocenters. The van der Waals surface area contributed by atoms with Gasteiger partial charge < -0.3 is 0 Å². The minimum absolute atomic E-state index is 0.196. The van der Waals surface area contributed by atoms with E-state index in [4.69, 9.17) is 0 Å². The van der Waals surface area contributed by atoms with E-state index in [1.54, 1.807) is 12.1 Å². The maximum Gasteiger partial charge on any atom is 0.123 e. The molecule has 1 heterocycles. The highest BCUT2D eigenvalue weighted by Gasteiger charge is 1.96. The fourth-order valence-electron chi connectivity index (χ4n) is 1.02. The van der Waals surface area contributed by atoms with Crippen LogP contribution in [0, 0.1) is 11.2 Å². The third-order valence-electron chi connectivity index (χ3n) is 1.65. The number of benzene rings is 1. The van der Waals surface area contributed by atoms with Gasteiger partial charge in [0.15, 0.2) is 0 Å². The Bertz CT molecular complexity index is 348. The molecule has 1 aromatic heterocycles. The molecule has 0 aliphatic heterocycles. The largest absolute Gasteiger partial charge is 0.207 e. The third kappa shape index (κ3) is 1.38. The van der Waals surface area contributed by atoms with E-state index in [1.807, 2.05) is 11.4 Å². The first kappa shape index (κ1) is 7.50. The van der Waals surface area contributed by atoms with Crippen LogP contribution in [0.3, 0.4) is 0 Å².